The summed E-state index contributed by atoms with van der Waals surface area (Å²) < 4.78 is 28.9. The summed E-state index contributed by atoms with van der Waals surface area (Å²) in [6.07, 6.45) is 3.88. The normalized spacial score (nSPS) is 12.1. The molecule has 2 heterocycles. The molecule has 0 unspecified atom stereocenters. The van der Waals surface area contributed by atoms with Gasteiger partial charge in [0.05, 0.1) is 21.4 Å². The Morgan fingerprint density at radius 3 is 2.84 bits per heavy atom. The smallest absolute Gasteiger partial charge is 0.268 e. The standard InChI is InChI=1S/C16H11N3O4S2/c1-25(21,22)12-4-5-13-14(8-12)24-16(18-13)19-15(20)10(9-17)7-11-3-2-6-23-11/h2-8H,1H3,(H,18,19,20)/b10-7+. The molecule has 3 aromatic rings. The molecule has 0 saturated carbocycles. The molecule has 0 atom stereocenters. The van der Waals surface area contributed by atoms with Gasteiger partial charge in [-0.15, -0.1) is 0 Å². The molecule has 25 heavy (non-hydrogen) atoms. The molecule has 1 amide bonds. The van der Waals surface area contributed by atoms with Crippen LogP contribution in [-0.4, -0.2) is 25.6 Å². The number of carbonyl (C=O) groups is 1. The lowest BCUT2D eigenvalue weighted by Crippen LogP contribution is -2.13. The van der Waals surface area contributed by atoms with Crippen molar-refractivity contribution in [2.45, 2.75) is 4.90 Å². The second-order valence-corrected chi connectivity index (χ2v) is 8.11. The first-order chi connectivity index (χ1) is 11.9. The van der Waals surface area contributed by atoms with Crippen molar-refractivity contribution in [2.24, 2.45) is 0 Å². The van der Waals surface area contributed by atoms with Crippen LogP contribution in [0.5, 0.6) is 0 Å². The van der Waals surface area contributed by atoms with Crippen molar-refractivity contribution in [3.05, 3.63) is 47.9 Å². The Morgan fingerprint density at radius 1 is 1.40 bits per heavy atom. The van der Waals surface area contributed by atoms with Crippen molar-refractivity contribution < 1.29 is 17.6 Å². The summed E-state index contributed by atoms with van der Waals surface area (Å²) in [5.74, 6) is -0.241. The summed E-state index contributed by atoms with van der Waals surface area (Å²) in [6, 6.07) is 9.61. The predicted molar refractivity (Wildman–Crippen MR) is 93.7 cm³/mol. The quantitative estimate of drug-likeness (QED) is 0.556. The number of hydrogen-bond acceptors (Lipinski definition) is 7. The Hall–Kier alpha value is -2.96. The van der Waals surface area contributed by atoms with Crippen LogP contribution in [0.3, 0.4) is 0 Å². The van der Waals surface area contributed by atoms with E-state index in [1.54, 1.807) is 18.2 Å². The van der Waals surface area contributed by atoms with Crippen LogP contribution in [0.25, 0.3) is 16.3 Å². The van der Waals surface area contributed by atoms with Gasteiger partial charge in [-0.05, 0) is 30.3 Å². The first-order valence-corrected chi connectivity index (χ1v) is 9.65. The summed E-state index contributed by atoms with van der Waals surface area (Å²) in [7, 11) is -3.33. The van der Waals surface area contributed by atoms with Gasteiger partial charge in [0.1, 0.15) is 17.4 Å². The molecule has 0 spiro atoms. The molecule has 2 aromatic heterocycles. The molecule has 0 bridgehead atoms. The van der Waals surface area contributed by atoms with Crippen LogP contribution in [0, 0.1) is 11.3 Å². The van der Waals surface area contributed by atoms with Crippen molar-refractivity contribution in [2.75, 3.05) is 11.6 Å². The third kappa shape index (κ3) is 3.76. The van der Waals surface area contributed by atoms with Crippen LogP contribution < -0.4 is 5.32 Å². The largest absolute Gasteiger partial charge is 0.465 e. The molecule has 7 nitrogen and oxygen atoms in total. The molecule has 126 valence electrons. The van der Waals surface area contributed by atoms with E-state index in [9.17, 15) is 13.2 Å². The summed E-state index contributed by atoms with van der Waals surface area (Å²) in [4.78, 5) is 16.6. The number of nitriles is 1. The molecule has 0 aliphatic rings. The van der Waals surface area contributed by atoms with Crippen LogP contribution in [-0.2, 0) is 14.6 Å². The van der Waals surface area contributed by atoms with Gasteiger partial charge in [-0.3, -0.25) is 10.1 Å². The van der Waals surface area contributed by atoms with Crippen LogP contribution in [0.15, 0.2) is 51.5 Å². The monoisotopic (exact) mass is 373 g/mol. The van der Waals surface area contributed by atoms with Gasteiger partial charge in [0.15, 0.2) is 15.0 Å². The van der Waals surface area contributed by atoms with Crippen LogP contribution in [0.1, 0.15) is 5.76 Å². The number of fused-ring (bicyclic) bond motifs is 1. The molecule has 0 saturated heterocycles. The van der Waals surface area contributed by atoms with Gasteiger partial charge in [-0.2, -0.15) is 5.26 Å². The zero-order valence-electron chi connectivity index (χ0n) is 12.9. The van der Waals surface area contributed by atoms with E-state index in [-0.39, 0.29) is 15.6 Å². The first-order valence-electron chi connectivity index (χ1n) is 6.94. The maximum absolute atomic E-state index is 12.2. The Morgan fingerprint density at radius 2 is 2.20 bits per heavy atom. The van der Waals surface area contributed by atoms with E-state index in [1.165, 1.54) is 24.5 Å². The summed E-state index contributed by atoms with van der Waals surface area (Å²) in [5, 5.41) is 11.9. The molecule has 1 aromatic carbocycles. The minimum Gasteiger partial charge on any atom is -0.465 e. The van der Waals surface area contributed by atoms with Crippen molar-refractivity contribution >= 4 is 48.5 Å². The lowest BCUT2D eigenvalue weighted by Gasteiger charge is -1.98. The summed E-state index contributed by atoms with van der Waals surface area (Å²) >= 11 is 1.12. The number of rotatable bonds is 4. The van der Waals surface area contributed by atoms with Gasteiger partial charge < -0.3 is 4.42 Å². The summed E-state index contributed by atoms with van der Waals surface area (Å²) in [5.41, 5.74) is 0.423. The molecule has 1 N–H and O–H groups in total. The summed E-state index contributed by atoms with van der Waals surface area (Å²) in [6.45, 7) is 0. The molecule has 3 rings (SSSR count). The van der Waals surface area contributed by atoms with Gasteiger partial charge in [-0.25, -0.2) is 13.4 Å². The van der Waals surface area contributed by atoms with Crippen LogP contribution in [0.4, 0.5) is 5.13 Å². The molecular weight excluding hydrogens is 362 g/mol. The highest BCUT2D eigenvalue weighted by atomic mass is 32.2. The number of thiazole rings is 1. The van der Waals surface area contributed by atoms with E-state index < -0.39 is 15.7 Å². The van der Waals surface area contributed by atoms with E-state index in [4.69, 9.17) is 9.68 Å². The Bertz CT molecular complexity index is 1120. The minimum absolute atomic E-state index is 0.133. The number of benzene rings is 1. The van der Waals surface area contributed by atoms with Crippen LogP contribution >= 0.6 is 11.3 Å². The van der Waals surface area contributed by atoms with E-state index in [2.05, 4.69) is 10.3 Å². The maximum Gasteiger partial charge on any atom is 0.268 e. The maximum atomic E-state index is 12.2. The second-order valence-electron chi connectivity index (χ2n) is 5.06. The zero-order chi connectivity index (χ0) is 18.0. The number of furan rings is 1. The number of anilines is 1. The Kier molecular flexibility index (Phi) is 4.39. The Balaban J connectivity index is 1.87. The Labute approximate surface area is 147 Å². The third-order valence-electron chi connectivity index (χ3n) is 3.20. The van der Waals surface area contributed by atoms with E-state index in [0.29, 0.717) is 16.0 Å². The average Bonchev–Trinajstić information content (AvgIpc) is 3.19. The molecule has 0 aliphatic carbocycles. The van der Waals surface area contributed by atoms with Crippen molar-refractivity contribution in [3.63, 3.8) is 0 Å². The number of amides is 1. The number of nitrogens with one attached hydrogen (secondary N) is 1. The first kappa shape index (κ1) is 16.9. The molecule has 0 radical (unpaired) electrons. The SMILES string of the molecule is CS(=O)(=O)c1ccc2nc(NC(=O)/C(C#N)=C/c3ccco3)sc2c1. The van der Waals surface area contributed by atoms with Gasteiger partial charge >= 0.3 is 0 Å². The van der Waals surface area contributed by atoms with Crippen LogP contribution in [0.2, 0.25) is 0 Å². The third-order valence-corrected chi connectivity index (χ3v) is 5.25. The van der Waals surface area contributed by atoms with Gasteiger partial charge in [0.2, 0.25) is 0 Å². The highest BCUT2D eigenvalue weighted by Crippen LogP contribution is 2.28. The highest BCUT2D eigenvalue weighted by molar-refractivity contribution is 7.90. The van der Waals surface area contributed by atoms with Crippen molar-refractivity contribution in [1.29, 1.82) is 5.26 Å². The number of nitrogens with zero attached hydrogens (tertiary/aromatic N) is 2. The van der Waals surface area contributed by atoms with E-state index >= 15 is 0 Å². The molecule has 0 aliphatic heterocycles. The second kappa shape index (κ2) is 6.51. The minimum atomic E-state index is -3.33. The highest BCUT2D eigenvalue weighted by Gasteiger charge is 2.15. The average molecular weight is 373 g/mol. The van der Waals surface area contributed by atoms with Gasteiger partial charge in [0.25, 0.3) is 5.91 Å². The fraction of sp³-hybridized carbons (Fsp3) is 0.0625. The number of sulfone groups is 1. The topological polar surface area (TPSA) is 113 Å². The zero-order valence-corrected chi connectivity index (χ0v) is 14.5. The fourth-order valence-corrected chi connectivity index (χ4v) is 3.64. The number of carbonyl (C=O) groups excluding carboxylic acids is 1. The van der Waals surface area contributed by atoms with E-state index in [1.807, 2.05) is 6.07 Å². The molecular formula is C16H11N3O4S2. The van der Waals surface area contributed by atoms with Crippen molar-refractivity contribution in [1.82, 2.24) is 4.98 Å². The van der Waals surface area contributed by atoms with Gasteiger partial charge in [0, 0.05) is 12.3 Å². The van der Waals surface area contributed by atoms with Crippen molar-refractivity contribution in [3.8, 4) is 6.07 Å². The predicted octanol–water partition coefficient (Wildman–Crippen LogP) is 2.84. The number of aromatic nitrogens is 1. The lowest BCUT2D eigenvalue weighted by atomic mass is 10.2. The lowest BCUT2D eigenvalue weighted by molar-refractivity contribution is -0.112. The molecule has 0 fully saturated rings. The number of hydrogen-bond donors (Lipinski definition) is 1. The van der Waals surface area contributed by atoms with Gasteiger partial charge in [-0.1, -0.05) is 11.3 Å². The molecule has 9 heteroatoms. The fourth-order valence-electron chi connectivity index (χ4n) is 2.02. The van der Waals surface area contributed by atoms with E-state index in [0.717, 1.165) is 17.6 Å².